The number of hydrogen-bond acceptors (Lipinski definition) is 4. The van der Waals surface area contributed by atoms with Crippen molar-refractivity contribution >= 4 is 9.84 Å². The van der Waals surface area contributed by atoms with Crippen LogP contribution in [-0.2, 0) is 21.0 Å². The van der Waals surface area contributed by atoms with E-state index < -0.39 is 9.84 Å². The van der Waals surface area contributed by atoms with Crippen LogP contribution in [0.2, 0.25) is 0 Å². The van der Waals surface area contributed by atoms with Gasteiger partial charge in [-0.25, -0.2) is 8.42 Å². The molecule has 1 N–H and O–H groups in total. The third-order valence-electron chi connectivity index (χ3n) is 2.83. The lowest BCUT2D eigenvalue weighted by atomic mass is 10.1. The summed E-state index contributed by atoms with van der Waals surface area (Å²) in [6, 6.07) is 7.38. The molecule has 0 amide bonds. The van der Waals surface area contributed by atoms with Gasteiger partial charge in [-0.3, -0.25) is 0 Å². The van der Waals surface area contributed by atoms with Gasteiger partial charge in [0.1, 0.15) is 0 Å². The fraction of sp³-hybridized carbons (Fsp3) is 0.500. The highest BCUT2D eigenvalue weighted by Gasteiger charge is 2.14. The maximum Gasteiger partial charge on any atom is 0.175 e. The molecule has 17 heavy (non-hydrogen) atoms. The largest absolute Gasteiger partial charge is 0.379 e. The molecule has 0 bridgehead atoms. The summed E-state index contributed by atoms with van der Waals surface area (Å²) in [6.45, 7) is 2.36. The normalized spacial score (nSPS) is 21.4. The zero-order valence-electron chi connectivity index (χ0n) is 9.85. The molecule has 1 aromatic carbocycles. The molecule has 1 aromatic rings. The first-order chi connectivity index (χ1) is 8.05. The summed E-state index contributed by atoms with van der Waals surface area (Å²) in [5, 5.41) is 3.37. The SMILES string of the molecule is CS(=O)(=O)c1ccc(CC2COCCN2)cc1. The predicted octanol–water partition coefficient (Wildman–Crippen LogP) is 0.621. The topological polar surface area (TPSA) is 55.4 Å². The highest BCUT2D eigenvalue weighted by Crippen LogP contribution is 2.12. The minimum Gasteiger partial charge on any atom is -0.379 e. The third-order valence-corrected chi connectivity index (χ3v) is 3.96. The molecule has 5 heteroatoms. The Morgan fingerprint density at radius 3 is 2.59 bits per heavy atom. The van der Waals surface area contributed by atoms with Crippen LogP contribution in [0.5, 0.6) is 0 Å². The summed E-state index contributed by atoms with van der Waals surface area (Å²) in [6.07, 6.45) is 2.09. The number of nitrogens with one attached hydrogen (secondary N) is 1. The van der Waals surface area contributed by atoms with Gasteiger partial charge in [0.25, 0.3) is 0 Å². The molecule has 1 heterocycles. The number of hydrogen-bond donors (Lipinski definition) is 1. The van der Waals surface area contributed by atoms with Crippen molar-refractivity contribution in [2.24, 2.45) is 0 Å². The first-order valence-electron chi connectivity index (χ1n) is 5.66. The predicted molar refractivity (Wildman–Crippen MR) is 65.9 cm³/mol. The second-order valence-corrected chi connectivity index (χ2v) is 6.36. The van der Waals surface area contributed by atoms with Gasteiger partial charge < -0.3 is 10.1 Å². The Hall–Kier alpha value is -0.910. The van der Waals surface area contributed by atoms with Gasteiger partial charge in [-0.05, 0) is 24.1 Å². The van der Waals surface area contributed by atoms with Gasteiger partial charge in [-0.2, -0.15) is 0 Å². The minimum atomic E-state index is -3.09. The van der Waals surface area contributed by atoms with Gasteiger partial charge in [-0.15, -0.1) is 0 Å². The van der Waals surface area contributed by atoms with Crippen LogP contribution in [-0.4, -0.2) is 40.5 Å². The molecule has 94 valence electrons. The van der Waals surface area contributed by atoms with E-state index in [0.717, 1.165) is 25.1 Å². The van der Waals surface area contributed by atoms with Crippen LogP contribution >= 0.6 is 0 Å². The van der Waals surface area contributed by atoms with Gasteiger partial charge in [0.05, 0.1) is 18.1 Å². The molecule has 0 saturated carbocycles. The van der Waals surface area contributed by atoms with Crippen LogP contribution in [0, 0.1) is 0 Å². The monoisotopic (exact) mass is 255 g/mol. The average molecular weight is 255 g/mol. The molecule has 0 spiro atoms. The van der Waals surface area contributed by atoms with Crippen molar-refractivity contribution in [3.63, 3.8) is 0 Å². The molecular formula is C12H17NO3S. The molecule has 2 rings (SSSR count). The number of sulfone groups is 1. The molecule has 1 unspecified atom stereocenters. The van der Waals surface area contributed by atoms with E-state index in [1.165, 1.54) is 6.26 Å². The van der Waals surface area contributed by atoms with Crippen LogP contribution in [0.15, 0.2) is 29.2 Å². The Bertz CT molecular complexity index is 461. The van der Waals surface area contributed by atoms with E-state index in [9.17, 15) is 8.42 Å². The Morgan fingerprint density at radius 1 is 1.35 bits per heavy atom. The van der Waals surface area contributed by atoms with Crippen LogP contribution < -0.4 is 5.32 Å². The van der Waals surface area contributed by atoms with Crippen LogP contribution in [0.4, 0.5) is 0 Å². The standard InChI is InChI=1S/C12H17NO3S/c1-17(14,15)12-4-2-10(3-5-12)8-11-9-16-7-6-13-11/h2-5,11,13H,6-9H2,1H3. The number of morpholine rings is 1. The Morgan fingerprint density at radius 2 is 2.06 bits per heavy atom. The zero-order valence-corrected chi connectivity index (χ0v) is 10.7. The number of rotatable bonds is 3. The van der Waals surface area contributed by atoms with E-state index in [4.69, 9.17) is 4.74 Å². The van der Waals surface area contributed by atoms with Crippen molar-refractivity contribution in [1.29, 1.82) is 0 Å². The van der Waals surface area contributed by atoms with E-state index in [1.807, 2.05) is 12.1 Å². The smallest absolute Gasteiger partial charge is 0.175 e. The van der Waals surface area contributed by atoms with Gasteiger partial charge in [0.15, 0.2) is 9.84 Å². The Kier molecular flexibility index (Phi) is 3.81. The van der Waals surface area contributed by atoms with E-state index in [1.54, 1.807) is 12.1 Å². The Labute approximate surface area is 102 Å². The van der Waals surface area contributed by atoms with E-state index in [2.05, 4.69) is 5.32 Å². The highest BCUT2D eigenvalue weighted by molar-refractivity contribution is 7.90. The molecule has 1 fully saturated rings. The molecule has 1 aliphatic rings. The van der Waals surface area contributed by atoms with Crippen LogP contribution in [0.3, 0.4) is 0 Å². The second-order valence-electron chi connectivity index (χ2n) is 4.35. The molecule has 4 nitrogen and oxygen atoms in total. The van der Waals surface area contributed by atoms with E-state index in [0.29, 0.717) is 17.5 Å². The summed E-state index contributed by atoms with van der Waals surface area (Å²) in [5.41, 5.74) is 1.13. The van der Waals surface area contributed by atoms with Crippen LogP contribution in [0.1, 0.15) is 5.56 Å². The summed E-state index contributed by atoms with van der Waals surface area (Å²) in [7, 11) is -3.09. The molecule has 0 aromatic heterocycles. The lowest BCUT2D eigenvalue weighted by Gasteiger charge is -2.23. The van der Waals surface area contributed by atoms with Gasteiger partial charge in [0, 0.05) is 18.8 Å². The highest BCUT2D eigenvalue weighted by atomic mass is 32.2. The Balaban J connectivity index is 2.03. The van der Waals surface area contributed by atoms with Crippen molar-refractivity contribution in [3.8, 4) is 0 Å². The number of benzene rings is 1. The van der Waals surface area contributed by atoms with Gasteiger partial charge in [-0.1, -0.05) is 12.1 Å². The summed E-state index contributed by atoms with van der Waals surface area (Å²) >= 11 is 0. The van der Waals surface area contributed by atoms with Crippen molar-refractivity contribution in [1.82, 2.24) is 5.32 Å². The lowest BCUT2D eigenvalue weighted by Crippen LogP contribution is -2.42. The molecule has 1 aliphatic heterocycles. The van der Waals surface area contributed by atoms with E-state index >= 15 is 0 Å². The van der Waals surface area contributed by atoms with Crippen molar-refractivity contribution in [2.45, 2.75) is 17.4 Å². The summed E-state index contributed by atoms with van der Waals surface area (Å²) in [4.78, 5) is 0.370. The van der Waals surface area contributed by atoms with Crippen LogP contribution in [0.25, 0.3) is 0 Å². The summed E-state index contributed by atoms with van der Waals surface area (Å²) in [5.74, 6) is 0. The molecule has 0 radical (unpaired) electrons. The minimum absolute atomic E-state index is 0.327. The third kappa shape index (κ3) is 3.52. The molecule has 1 atom stereocenters. The van der Waals surface area contributed by atoms with E-state index in [-0.39, 0.29) is 0 Å². The maximum absolute atomic E-state index is 11.3. The quantitative estimate of drug-likeness (QED) is 0.860. The van der Waals surface area contributed by atoms with Gasteiger partial charge in [0.2, 0.25) is 0 Å². The molecular weight excluding hydrogens is 238 g/mol. The zero-order chi connectivity index (χ0) is 12.3. The first kappa shape index (κ1) is 12.5. The van der Waals surface area contributed by atoms with Gasteiger partial charge >= 0.3 is 0 Å². The summed E-state index contributed by atoms with van der Waals surface area (Å²) < 4.78 is 28.0. The lowest BCUT2D eigenvalue weighted by molar-refractivity contribution is 0.0770. The van der Waals surface area contributed by atoms with Crippen molar-refractivity contribution < 1.29 is 13.2 Å². The average Bonchev–Trinajstić information content (AvgIpc) is 2.30. The fourth-order valence-corrected chi connectivity index (χ4v) is 2.54. The van der Waals surface area contributed by atoms with Crippen molar-refractivity contribution in [3.05, 3.63) is 29.8 Å². The first-order valence-corrected chi connectivity index (χ1v) is 7.55. The molecule has 1 saturated heterocycles. The second kappa shape index (κ2) is 5.16. The maximum atomic E-state index is 11.3. The number of ether oxygens (including phenoxy) is 1. The molecule has 0 aliphatic carbocycles. The fourth-order valence-electron chi connectivity index (χ4n) is 1.91. The van der Waals surface area contributed by atoms with Crippen molar-refractivity contribution in [2.75, 3.05) is 26.0 Å².